The number of rotatable bonds is 5. The van der Waals surface area contributed by atoms with Crippen LogP contribution >= 0.6 is 11.6 Å². The monoisotopic (exact) mass is 323 g/mol. The number of carbonyl (C=O) groups excluding carboxylic acids is 1. The van der Waals surface area contributed by atoms with Crippen LogP contribution in [0.5, 0.6) is 0 Å². The van der Waals surface area contributed by atoms with E-state index in [1.165, 1.54) is 18.2 Å². The molecule has 0 bridgehead atoms. The molecule has 4 nitrogen and oxygen atoms in total. The molecule has 0 aliphatic carbocycles. The van der Waals surface area contributed by atoms with Gasteiger partial charge in [-0.05, 0) is 26.0 Å². The maximum atomic E-state index is 12.9. The number of alkyl halides is 3. The van der Waals surface area contributed by atoms with E-state index in [-0.39, 0.29) is 16.7 Å². The minimum Gasteiger partial charge on any atom is -0.460 e. The number of ether oxygens (including phenoxy) is 1. The summed E-state index contributed by atoms with van der Waals surface area (Å²) in [4.78, 5) is 15.6. The van der Waals surface area contributed by atoms with Gasteiger partial charge in [-0.3, -0.25) is 0 Å². The summed E-state index contributed by atoms with van der Waals surface area (Å²) in [6, 6.07) is 5.07. The lowest BCUT2D eigenvalue weighted by Gasteiger charge is -2.11. The molecule has 0 aromatic heterocycles. The van der Waals surface area contributed by atoms with Crippen molar-refractivity contribution in [3.8, 4) is 0 Å². The third-order valence-corrected chi connectivity index (χ3v) is 2.31. The predicted octanol–water partition coefficient (Wildman–Crippen LogP) is 3.57. The van der Waals surface area contributed by atoms with Crippen LogP contribution in [0.25, 0.3) is 0 Å². The zero-order valence-corrected chi connectivity index (χ0v) is 12.0. The van der Waals surface area contributed by atoms with Gasteiger partial charge in [0.2, 0.25) is 6.61 Å². The molecule has 0 heterocycles. The van der Waals surface area contributed by atoms with Crippen LogP contribution in [-0.4, -0.2) is 30.6 Å². The molecule has 0 atom stereocenters. The van der Waals surface area contributed by atoms with Crippen molar-refractivity contribution >= 4 is 23.3 Å². The predicted molar refractivity (Wildman–Crippen MR) is 71.2 cm³/mol. The van der Waals surface area contributed by atoms with E-state index in [2.05, 4.69) is 9.99 Å². The minimum absolute atomic E-state index is 0.128. The van der Waals surface area contributed by atoms with Gasteiger partial charge in [-0.2, -0.15) is 13.2 Å². The second-order valence-corrected chi connectivity index (χ2v) is 4.70. The van der Waals surface area contributed by atoms with Crippen molar-refractivity contribution in [3.05, 3.63) is 34.9 Å². The Morgan fingerprint density at radius 2 is 2.05 bits per heavy atom. The molecule has 0 unspecified atom stereocenters. The Morgan fingerprint density at radius 3 is 2.57 bits per heavy atom. The average Bonchev–Trinajstić information content (AvgIpc) is 2.32. The van der Waals surface area contributed by atoms with Crippen molar-refractivity contribution in [3.63, 3.8) is 0 Å². The van der Waals surface area contributed by atoms with Gasteiger partial charge in [0, 0.05) is 10.6 Å². The van der Waals surface area contributed by atoms with Crippen molar-refractivity contribution in [2.24, 2.45) is 5.16 Å². The fourth-order valence-electron chi connectivity index (χ4n) is 1.35. The summed E-state index contributed by atoms with van der Waals surface area (Å²) in [5.41, 5.74) is -1.53. The highest BCUT2D eigenvalue weighted by atomic mass is 35.5. The van der Waals surface area contributed by atoms with Gasteiger partial charge in [0.15, 0.2) is 5.71 Å². The first kappa shape index (κ1) is 17.3. The first-order valence-corrected chi connectivity index (χ1v) is 6.30. The maximum absolute atomic E-state index is 12.9. The third kappa shape index (κ3) is 6.03. The molecule has 0 saturated carbocycles. The van der Waals surface area contributed by atoms with E-state index >= 15 is 0 Å². The number of hydrogen-bond acceptors (Lipinski definition) is 4. The molecule has 0 aliphatic rings. The second-order valence-electron chi connectivity index (χ2n) is 4.26. The first-order chi connectivity index (χ1) is 9.70. The van der Waals surface area contributed by atoms with Crippen LogP contribution in [0.4, 0.5) is 13.2 Å². The van der Waals surface area contributed by atoms with Crippen LogP contribution in [0.1, 0.15) is 19.4 Å². The highest BCUT2D eigenvalue weighted by molar-refractivity contribution is 6.31. The van der Waals surface area contributed by atoms with Crippen molar-refractivity contribution in [1.29, 1.82) is 0 Å². The largest absolute Gasteiger partial charge is 0.460 e. The maximum Gasteiger partial charge on any atom is 0.437 e. The summed E-state index contributed by atoms with van der Waals surface area (Å²) in [6.45, 7) is 2.50. The molecule has 21 heavy (non-hydrogen) atoms. The Hall–Kier alpha value is -1.76. The van der Waals surface area contributed by atoms with Crippen LogP contribution < -0.4 is 0 Å². The smallest absolute Gasteiger partial charge is 0.437 e. The number of carbonyl (C=O) groups is 1. The molecule has 0 amide bonds. The molecule has 0 radical (unpaired) electrons. The summed E-state index contributed by atoms with van der Waals surface area (Å²) in [7, 11) is 0. The lowest BCUT2D eigenvalue weighted by atomic mass is 10.1. The normalized spacial score (nSPS) is 12.4. The van der Waals surface area contributed by atoms with Gasteiger partial charge >= 0.3 is 12.1 Å². The van der Waals surface area contributed by atoms with Gasteiger partial charge in [-0.1, -0.05) is 28.9 Å². The van der Waals surface area contributed by atoms with Crippen molar-refractivity contribution in [2.75, 3.05) is 6.61 Å². The molecule has 1 aromatic rings. The average molecular weight is 324 g/mol. The fourth-order valence-corrected chi connectivity index (χ4v) is 1.54. The first-order valence-electron chi connectivity index (χ1n) is 5.92. The molecule has 0 N–H and O–H groups in total. The van der Waals surface area contributed by atoms with Gasteiger partial charge < -0.3 is 9.57 Å². The van der Waals surface area contributed by atoms with Crippen LogP contribution in [0.15, 0.2) is 29.4 Å². The number of oxime groups is 1. The fraction of sp³-hybridized carbons (Fsp3) is 0.385. The Kier molecular flexibility index (Phi) is 6.02. The SMILES string of the molecule is CC(C)OC(=O)CON=C(c1cccc(Cl)c1)C(F)(F)F. The number of benzene rings is 1. The van der Waals surface area contributed by atoms with Crippen LogP contribution in [-0.2, 0) is 14.4 Å². The number of halogens is 4. The van der Waals surface area contributed by atoms with Gasteiger partial charge in [0.1, 0.15) is 0 Å². The summed E-state index contributed by atoms with van der Waals surface area (Å²) < 4.78 is 43.4. The molecule has 0 saturated heterocycles. The molecule has 116 valence electrons. The van der Waals surface area contributed by atoms with E-state index < -0.39 is 24.5 Å². The highest BCUT2D eigenvalue weighted by Crippen LogP contribution is 2.24. The summed E-state index contributed by atoms with van der Waals surface area (Å²) in [6.07, 6.45) is -5.13. The lowest BCUT2D eigenvalue weighted by molar-refractivity contribution is -0.153. The number of nitrogens with zero attached hydrogens (tertiary/aromatic N) is 1. The second kappa shape index (κ2) is 7.31. The van der Waals surface area contributed by atoms with E-state index in [4.69, 9.17) is 16.3 Å². The quantitative estimate of drug-likeness (QED) is 0.473. The van der Waals surface area contributed by atoms with Gasteiger partial charge in [-0.15, -0.1) is 0 Å². The van der Waals surface area contributed by atoms with Crippen molar-refractivity contribution in [1.82, 2.24) is 0 Å². The minimum atomic E-state index is -4.74. The summed E-state index contributed by atoms with van der Waals surface area (Å²) in [5, 5.41) is 3.11. The third-order valence-electron chi connectivity index (χ3n) is 2.07. The summed E-state index contributed by atoms with van der Waals surface area (Å²) >= 11 is 5.64. The van der Waals surface area contributed by atoms with E-state index in [0.717, 1.165) is 6.07 Å². The van der Waals surface area contributed by atoms with Gasteiger partial charge in [0.05, 0.1) is 6.10 Å². The highest BCUT2D eigenvalue weighted by Gasteiger charge is 2.38. The number of hydrogen-bond donors (Lipinski definition) is 0. The molecular formula is C13H13ClF3NO3. The molecule has 0 aliphatic heterocycles. The van der Waals surface area contributed by atoms with Crippen LogP contribution in [0, 0.1) is 0 Å². The van der Waals surface area contributed by atoms with Crippen molar-refractivity contribution in [2.45, 2.75) is 26.1 Å². The van der Waals surface area contributed by atoms with E-state index in [9.17, 15) is 18.0 Å². The standard InChI is InChI=1S/C13H13ClF3NO3/c1-8(2)21-11(19)7-20-18-12(13(15,16)17)9-4-3-5-10(14)6-9/h3-6,8H,7H2,1-2H3. The Labute approximate surface area is 124 Å². The molecule has 8 heteroatoms. The molecule has 0 fully saturated rings. The Morgan fingerprint density at radius 1 is 1.38 bits per heavy atom. The van der Waals surface area contributed by atoms with Crippen LogP contribution in [0.3, 0.4) is 0 Å². The molecular weight excluding hydrogens is 311 g/mol. The van der Waals surface area contributed by atoms with Gasteiger partial charge in [0.25, 0.3) is 0 Å². The Balaban J connectivity index is 2.85. The molecule has 0 spiro atoms. The zero-order valence-electron chi connectivity index (χ0n) is 11.3. The van der Waals surface area contributed by atoms with Gasteiger partial charge in [-0.25, -0.2) is 4.79 Å². The molecule has 1 rings (SSSR count). The van der Waals surface area contributed by atoms with Crippen molar-refractivity contribution < 1.29 is 27.5 Å². The zero-order chi connectivity index (χ0) is 16.0. The van der Waals surface area contributed by atoms with E-state index in [1.54, 1.807) is 13.8 Å². The van der Waals surface area contributed by atoms with Crippen LogP contribution in [0.2, 0.25) is 5.02 Å². The number of esters is 1. The van der Waals surface area contributed by atoms with E-state index in [1.807, 2.05) is 0 Å². The topological polar surface area (TPSA) is 47.9 Å². The summed E-state index contributed by atoms with van der Waals surface area (Å²) in [5.74, 6) is -0.804. The van der Waals surface area contributed by atoms with E-state index in [0.29, 0.717) is 0 Å². The molecule has 1 aromatic carbocycles. The lowest BCUT2D eigenvalue weighted by Crippen LogP contribution is -2.25. The Bertz CT molecular complexity index is 530.